The molecule has 1 aromatic carbocycles. The minimum absolute atomic E-state index is 0.343. The van der Waals surface area contributed by atoms with Crippen molar-refractivity contribution in [3.8, 4) is 6.07 Å². The molecular weight excluding hydrogens is 260 g/mol. The van der Waals surface area contributed by atoms with Crippen LogP contribution in [0.5, 0.6) is 0 Å². The molecular formula is C14H13ClN4. The molecule has 0 unspecified atom stereocenters. The molecule has 4 nitrogen and oxygen atoms in total. The van der Waals surface area contributed by atoms with Crippen molar-refractivity contribution in [1.82, 2.24) is 4.98 Å². The number of nitrogens with two attached hydrogens (primary N) is 1. The number of aromatic nitrogens is 1. The fraction of sp³-hybridized carbons (Fsp3) is 0.143. The van der Waals surface area contributed by atoms with Gasteiger partial charge in [0.2, 0.25) is 0 Å². The van der Waals surface area contributed by atoms with E-state index in [0.717, 1.165) is 11.1 Å². The van der Waals surface area contributed by atoms with Crippen molar-refractivity contribution in [1.29, 1.82) is 5.26 Å². The van der Waals surface area contributed by atoms with Gasteiger partial charge in [0.25, 0.3) is 0 Å². The average Bonchev–Trinajstić information content (AvgIpc) is 2.46. The summed E-state index contributed by atoms with van der Waals surface area (Å²) in [7, 11) is 0. The van der Waals surface area contributed by atoms with E-state index in [1.807, 2.05) is 30.3 Å². The van der Waals surface area contributed by atoms with Gasteiger partial charge in [-0.15, -0.1) is 0 Å². The predicted octanol–water partition coefficient (Wildman–Crippen LogP) is 2.68. The van der Waals surface area contributed by atoms with E-state index >= 15 is 0 Å². The number of nitrogens with one attached hydrogen (secondary N) is 1. The number of nitriles is 1. The molecule has 5 heteroatoms. The van der Waals surface area contributed by atoms with E-state index in [9.17, 15) is 0 Å². The lowest BCUT2D eigenvalue weighted by Gasteiger charge is -2.11. The van der Waals surface area contributed by atoms with Crippen LogP contribution in [0, 0.1) is 11.3 Å². The molecule has 0 aliphatic rings. The van der Waals surface area contributed by atoms with Gasteiger partial charge in [0.1, 0.15) is 16.9 Å². The molecule has 0 saturated heterocycles. The fourth-order valence-corrected chi connectivity index (χ4v) is 1.98. The summed E-state index contributed by atoms with van der Waals surface area (Å²) in [5.74, 6) is 0.507. The van der Waals surface area contributed by atoms with Gasteiger partial charge in [0.15, 0.2) is 0 Å². The predicted molar refractivity (Wildman–Crippen MR) is 75.6 cm³/mol. The van der Waals surface area contributed by atoms with E-state index in [4.69, 9.17) is 22.6 Å². The highest BCUT2D eigenvalue weighted by Crippen LogP contribution is 2.23. The van der Waals surface area contributed by atoms with Gasteiger partial charge in [-0.2, -0.15) is 5.26 Å². The third-order valence-corrected chi connectivity index (χ3v) is 3.18. The van der Waals surface area contributed by atoms with Crippen LogP contribution in [0.3, 0.4) is 0 Å². The maximum atomic E-state index is 8.90. The summed E-state index contributed by atoms with van der Waals surface area (Å²) in [5, 5.41) is 12.4. The molecule has 0 aliphatic carbocycles. The second kappa shape index (κ2) is 6.19. The fourth-order valence-electron chi connectivity index (χ4n) is 1.76. The van der Waals surface area contributed by atoms with Crippen molar-refractivity contribution in [2.75, 3.05) is 5.32 Å². The summed E-state index contributed by atoms with van der Waals surface area (Å²) in [5.41, 5.74) is 8.25. The number of rotatable bonds is 4. The topological polar surface area (TPSA) is 74.7 Å². The molecule has 0 aliphatic heterocycles. The van der Waals surface area contributed by atoms with Crippen molar-refractivity contribution in [3.05, 3.63) is 58.2 Å². The molecule has 0 amide bonds. The van der Waals surface area contributed by atoms with Crippen molar-refractivity contribution in [3.63, 3.8) is 0 Å². The van der Waals surface area contributed by atoms with Crippen LogP contribution >= 0.6 is 11.6 Å². The molecule has 1 heterocycles. The van der Waals surface area contributed by atoms with E-state index in [-0.39, 0.29) is 0 Å². The SMILES string of the molecule is N#Cc1ccnc(NCc2ccccc2CN)c1Cl. The van der Waals surface area contributed by atoms with Gasteiger partial charge in [-0.1, -0.05) is 35.9 Å². The van der Waals surface area contributed by atoms with Gasteiger partial charge in [-0.25, -0.2) is 4.98 Å². The first kappa shape index (κ1) is 13.3. The summed E-state index contributed by atoms with van der Waals surface area (Å²) in [6.45, 7) is 1.05. The first-order chi connectivity index (χ1) is 9.26. The van der Waals surface area contributed by atoms with Crippen LogP contribution in [-0.4, -0.2) is 4.98 Å². The molecule has 0 spiro atoms. The number of hydrogen-bond donors (Lipinski definition) is 2. The minimum atomic E-state index is 0.343. The van der Waals surface area contributed by atoms with Gasteiger partial charge in [-0.05, 0) is 17.2 Å². The molecule has 0 radical (unpaired) electrons. The van der Waals surface area contributed by atoms with Gasteiger partial charge in [0.05, 0.1) is 5.56 Å². The van der Waals surface area contributed by atoms with Crippen LogP contribution in [0.1, 0.15) is 16.7 Å². The Morgan fingerprint density at radius 3 is 2.68 bits per heavy atom. The molecule has 2 rings (SSSR count). The highest BCUT2D eigenvalue weighted by molar-refractivity contribution is 6.34. The quantitative estimate of drug-likeness (QED) is 0.897. The van der Waals surface area contributed by atoms with Gasteiger partial charge in [-0.3, -0.25) is 0 Å². The highest BCUT2D eigenvalue weighted by Gasteiger charge is 2.07. The number of pyridine rings is 1. The largest absolute Gasteiger partial charge is 0.365 e. The zero-order valence-electron chi connectivity index (χ0n) is 10.2. The van der Waals surface area contributed by atoms with Crippen LogP contribution in [0.15, 0.2) is 36.5 Å². The molecule has 0 atom stereocenters. The van der Waals surface area contributed by atoms with Gasteiger partial charge < -0.3 is 11.1 Å². The second-order valence-electron chi connectivity index (χ2n) is 3.96. The second-order valence-corrected chi connectivity index (χ2v) is 4.34. The Kier molecular flexibility index (Phi) is 4.35. The summed E-state index contributed by atoms with van der Waals surface area (Å²) in [4.78, 5) is 4.13. The van der Waals surface area contributed by atoms with Gasteiger partial charge >= 0.3 is 0 Å². The molecule has 1 aromatic heterocycles. The highest BCUT2D eigenvalue weighted by atomic mass is 35.5. The lowest BCUT2D eigenvalue weighted by Crippen LogP contribution is -2.07. The first-order valence-corrected chi connectivity index (χ1v) is 6.19. The summed E-state index contributed by atoms with van der Waals surface area (Å²) < 4.78 is 0. The summed E-state index contributed by atoms with van der Waals surface area (Å²) in [6, 6.07) is 11.5. The van der Waals surface area contributed by atoms with E-state index in [2.05, 4.69) is 10.3 Å². The maximum absolute atomic E-state index is 8.90. The number of benzene rings is 1. The third kappa shape index (κ3) is 3.02. The van der Waals surface area contributed by atoms with Crippen LogP contribution < -0.4 is 11.1 Å². The molecule has 96 valence electrons. The Hall–Kier alpha value is -2.09. The van der Waals surface area contributed by atoms with Crippen LogP contribution in [0.2, 0.25) is 5.02 Å². The van der Waals surface area contributed by atoms with Crippen molar-refractivity contribution in [2.45, 2.75) is 13.1 Å². The van der Waals surface area contributed by atoms with Crippen molar-refractivity contribution >= 4 is 17.4 Å². The molecule has 0 fully saturated rings. The molecule has 2 aromatic rings. The number of halogens is 1. The van der Waals surface area contributed by atoms with Crippen molar-refractivity contribution in [2.24, 2.45) is 5.73 Å². The van der Waals surface area contributed by atoms with E-state index in [0.29, 0.717) is 29.5 Å². The smallest absolute Gasteiger partial charge is 0.146 e. The Labute approximate surface area is 116 Å². The average molecular weight is 273 g/mol. The van der Waals surface area contributed by atoms with Crippen LogP contribution in [0.4, 0.5) is 5.82 Å². The lowest BCUT2D eigenvalue weighted by atomic mass is 10.1. The maximum Gasteiger partial charge on any atom is 0.146 e. The molecule has 3 N–H and O–H groups in total. The normalized spacial score (nSPS) is 9.95. The Morgan fingerprint density at radius 1 is 1.26 bits per heavy atom. The standard InChI is InChI=1S/C14H13ClN4/c15-13-11(8-17)5-6-18-14(13)19-9-12-4-2-1-3-10(12)7-16/h1-6H,7,9,16H2,(H,18,19). The molecule has 0 saturated carbocycles. The number of hydrogen-bond acceptors (Lipinski definition) is 4. The Balaban J connectivity index is 2.17. The number of nitrogens with zero attached hydrogens (tertiary/aromatic N) is 2. The van der Waals surface area contributed by atoms with Crippen LogP contribution in [-0.2, 0) is 13.1 Å². The summed E-state index contributed by atoms with van der Waals surface area (Å²) in [6.07, 6.45) is 1.56. The number of anilines is 1. The zero-order chi connectivity index (χ0) is 13.7. The Morgan fingerprint density at radius 2 is 2.00 bits per heavy atom. The monoisotopic (exact) mass is 272 g/mol. The van der Waals surface area contributed by atoms with E-state index in [1.54, 1.807) is 12.3 Å². The first-order valence-electron chi connectivity index (χ1n) is 5.81. The van der Waals surface area contributed by atoms with Crippen molar-refractivity contribution < 1.29 is 0 Å². The molecule has 19 heavy (non-hydrogen) atoms. The summed E-state index contributed by atoms with van der Waals surface area (Å²) >= 11 is 6.08. The van der Waals surface area contributed by atoms with E-state index in [1.165, 1.54) is 0 Å². The minimum Gasteiger partial charge on any atom is -0.365 e. The van der Waals surface area contributed by atoms with E-state index < -0.39 is 0 Å². The zero-order valence-corrected chi connectivity index (χ0v) is 11.0. The lowest BCUT2D eigenvalue weighted by molar-refractivity contribution is 1.00. The molecule has 0 bridgehead atoms. The van der Waals surface area contributed by atoms with Gasteiger partial charge in [0, 0.05) is 19.3 Å². The van der Waals surface area contributed by atoms with Crippen LogP contribution in [0.25, 0.3) is 0 Å². The third-order valence-electron chi connectivity index (χ3n) is 2.79. The Bertz CT molecular complexity index is 619.